The monoisotopic (exact) mass is 181 g/mol. The standard InChI is InChI=1S/C10H15NO2/c1-13-7-4-10(12)8-9-2-5-11-6-3-9/h2-3,5-6,10,12H,4,7-8H2,1H3. The second-order valence-electron chi connectivity index (χ2n) is 2.99. The molecule has 1 rings (SSSR count). The Morgan fingerprint density at radius 3 is 2.77 bits per heavy atom. The predicted octanol–water partition coefficient (Wildman–Crippen LogP) is 1.02. The first-order chi connectivity index (χ1) is 6.33. The molecular weight excluding hydrogens is 166 g/mol. The Labute approximate surface area is 78.4 Å². The van der Waals surface area contributed by atoms with E-state index in [2.05, 4.69) is 4.98 Å². The molecule has 1 aromatic heterocycles. The van der Waals surface area contributed by atoms with Crippen LogP contribution in [0.3, 0.4) is 0 Å². The second-order valence-corrected chi connectivity index (χ2v) is 2.99. The lowest BCUT2D eigenvalue weighted by atomic mass is 10.1. The van der Waals surface area contributed by atoms with Gasteiger partial charge >= 0.3 is 0 Å². The number of aromatic nitrogens is 1. The summed E-state index contributed by atoms with van der Waals surface area (Å²) < 4.78 is 4.88. The van der Waals surface area contributed by atoms with Crippen LogP contribution in [0.2, 0.25) is 0 Å². The number of aliphatic hydroxyl groups excluding tert-OH is 1. The summed E-state index contributed by atoms with van der Waals surface area (Å²) in [6.07, 6.45) is 4.50. The third kappa shape index (κ3) is 4.01. The lowest BCUT2D eigenvalue weighted by Gasteiger charge is -2.09. The van der Waals surface area contributed by atoms with Gasteiger partial charge in [0.2, 0.25) is 0 Å². The van der Waals surface area contributed by atoms with Crippen LogP contribution in [0.15, 0.2) is 24.5 Å². The van der Waals surface area contributed by atoms with Crippen molar-refractivity contribution in [3.63, 3.8) is 0 Å². The number of methoxy groups -OCH3 is 1. The average Bonchev–Trinajstić information content (AvgIpc) is 2.16. The minimum atomic E-state index is -0.317. The molecule has 0 aliphatic carbocycles. The van der Waals surface area contributed by atoms with E-state index >= 15 is 0 Å². The first-order valence-corrected chi connectivity index (χ1v) is 4.39. The molecule has 0 spiro atoms. The molecule has 1 unspecified atom stereocenters. The Kier molecular flexibility index (Phi) is 4.43. The Morgan fingerprint density at radius 2 is 2.15 bits per heavy atom. The van der Waals surface area contributed by atoms with Crippen molar-refractivity contribution in [3.05, 3.63) is 30.1 Å². The lowest BCUT2D eigenvalue weighted by Crippen LogP contribution is -2.12. The highest BCUT2D eigenvalue weighted by Gasteiger charge is 2.04. The maximum absolute atomic E-state index is 9.53. The van der Waals surface area contributed by atoms with Crippen LogP contribution in [-0.4, -0.2) is 29.9 Å². The molecule has 1 heterocycles. The van der Waals surface area contributed by atoms with Gasteiger partial charge in [0.25, 0.3) is 0 Å². The van der Waals surface area contributed by atoms with Crippen LogP contribution < -0.4 is 0 Å². The molecule has 0 saturated carbocycles. The van der Waals surface area contributed by atoms with Crippen LogP contribution in [0.25, 0.3) is 0 Å². The van der Waals surface area contributed by atoms with Gasteiger partial charge in [0.15, 0.2) is 0 Å². The first-order valence-electron chi connectivity index (χ1n) is 4.39. The highest BCUT2D eigenvalue weighted by Crippen LogP contribution is 2.04. The number of rotatable bonds is 5. The third-order valence-electron chi connectivity index (χ3n) is 1.88. The minimum absolute atomic E-state index is 0.317. The highest BCUT2D eigenvalue weighted by molar-refractivity contribution is 5.10. The number of hydrogen-bond donors (Lipinski definition) is 1. The van der Waals surface area contributed by atoms with Gasteiger partial charge < -0.3 is 9.84 Å². The fourth-order valence-electron chi connectivity index (χ4n) is 1.15. The number of ether oxygens (including phenoxy) is 1. The van der Waals surface area contributed by atoms with Gasteiger partial charge in [-0.1, -0.05) is 0 Å². The van der Waals surface area contributed by atoms with Gasteiger partial charge in [0.05, 0.1) is 6.10 Å². The zero-order valence-electron chi connectivity index (χ0n) is 7.81. The predicted molar refractivity (Wildman–Crippen MR) is 50.4 cm³/mol. The maximum Gasteiger partial charge on any atom is 0.0602 e. The van der Waals surface area contributed by atoms with Crippen LogP contribution in [0.1, 0.15) is 12.0 Å². The highest BCUT2D eigenvalue weighted by atomic mass is 16.5. The van der Waals surface area contributed by atoms with E-state index in [9.17, 15) is 5.11 Å². The van der Waals surface area contributed by atoms with Crippen molar-refractivity contribution >= 4 is 0 Å². The summed E-state index contributed by atoms with van der Waals surface area (Å²) in [4.78, 5) is 3.91. The molecule has 3 nitrogen and oxygen atoms in total. The van der Waals surface area contributed by atoms with E-state index in [1.807, 2.05) is 12.1 Å². The molecule has 1 atom stereocenters. The molecule has 0 saturated heterocycles. The Balaban J connectivity index is 2.32. The van der Waals surface area contributed by atoms with Crippen LogP contribution in [0.4, 0.5) is 0 Å². The maximum atomic E-state index is 9.53. The summed E-state index contributed by atoms with van der Waals surface area (Å²) in [6, 6.07) is 3.83. The smallest absolute Gasteiger partial charge is 0.0602 e. The topological polar surface area (TPSA) is 42.4 Å². The Hall–Kier alpha value is -0.930. The minimum Gasteiger partial charge on any atom is -0.393 e. The normalized spacial score (nSPS) is 12.8. The van der Waals surface area contributed by atoms with Crippen molar-refractivity contribution in [2.75, 3.05) is 13.7 Å². The van der Waals surface area contributed by atoms with E-state index < -0.39 is 0 Å². The van der Waals surface area contributed by atoms with Gasteiger partial charge in [-0.2, -0.15) is 0 Å². The molecule has 0 amide bonds. The molecule has 0 radical (unpaired) electrons. The van der Waals surface area contributed by atoms with Gasteiger partial charge in [-0.05, 0) is 30.5 Å². The quantitative estimate of drug-likeness (QED) is 0.737. The SMILES string of the molecule is COCCC(O)Cc1ccncc1. The van der Waals surface area contributed by atoms with E-state index in [1.165, 1.54) is 0 Å². The van der Waals surface area contributed by atoms with E-state index in [0.717, 1.165) is 5.56 Å². The summed E-state index contributed by atoms with van der Waals surface area (Å²) in [7, 11) is 1.64. The van der Waals surface area contributed by atoms with E-state index in [-0.39, 0.29) is 6.10 Å². The third-order valence-corrected chi connectivity index (χ3v) is 1.88. The van der Waals surface area contributed by atoms with E-state index in [0.29, 0.717) is 19.4 Å². The fourth-order valence-corrected chi connectivity index (χ4v) is 1.15. The first kappa shape index (κ1) is 10.2. The van der Waals surface area contributed by atoms with E-state index in [4.69, 9.17) is 4.74 Å². The summed E-state index contributed by atoms with van der Waals surface area (Å²) in [6.45, 7) is 0.603. The van der Waals surface area contributed by atoms with Gasteiger partial charge in [0, 0.05) is 26.1 Å². The molecule has 3 heteroatoms. The summed E-state index contributed by atoms with van der Waals surface area (Å²) in [5.41, 5.74) is 1.11. The van der Waals surface area contributed by atoms with Crippen molar-refractivity contribution in [2.24, 2.45) is 0 Å². The van der Waals surface area contributed by atoms with Gasteiger partial charge in [-0.15, -0.1) is 0 Å². The van der Waals surface area contributed by atoms with Gasteiger partial charge in [-0.3, -0.25) is 4.98 Å². The lowest BCUT2D eigenvalue weighted by molar-refractivity contribution is 0.110. The summed E-state index contributed by atoms with van der Waals surface area (Å²) in [5.74, 6) is 0. The number of nitrogens with zero attached hydrogens (tertiary/aromatic N) is 1. The molecule has 1 aromatic rings. The summed E-state index contributed by atoms with van der Waals surface area (Å²) in [5, 5.41) is 9.53. The second kappa shape index (κ2) is 5.67. The van der Waals surface area contributed by atoms with Gasteiger partial charge in [-0.25, -0.2) is 0 Å². The number of aliphatic hydroxyl groups is 1. The molecule has 13 heavy (non-hydrogen) atoms. The fraction of sp³-hybridized carbons (Fsp3) is 0.500. The van der Waals surface area contributed by atoms with E-state index in [1.54, 1.807) is 19.5 Å². The molecule has 0 bridgehead atoms. The number of hydrogen-bond acceptors (Lipinski definition) is 3. The van der Waals surface area contributed by atoms with Crippen molar-refractivity contribution < 1.29 is 9.84 Å². The number of pyridine rings is 1. The molecule has 0 aromatic carbocycles. The molecule has 72 valence electrons. The van der Waals surface area contributed by atoms with Gasteiger partial charge in [0.1, 0.15) is 0 Å². The summed E-state index contributed by atoms with van der Waals surface area (Å²) >= 11 is 0. The van der Waals surface area contributed by atoms with Crippen molar-refractivity contribution in [1.29, 1.82) is 0 Å². The zero-order chi connectivity index (χ0) is 9.52. The molecular formula is C10H15NO2. The van der Waals surface area contributed by atoms with Crippen LogP contribution in [0, 0.1) is 0 Å². The molecule has 0 aliphatic heterocycles. The zero-order valence-corrected chi connectivity index (χ0v) is 7.81. The molecule has 1 N–H and O–H groups in total. The largest absolute Gasteiger partial charge is 0.393 e. The van der Waals surface area contributed by atoms with Crippen molar-refractivity contribution in [1.82, 2.24) is 4.98 Å². The Bertz CT molecular complexity index is 226. The molecule has 0 aliphatic rings. The van der Waals surface area contributed by atoms with Crippen molar-refractivity contribution in [3.8, 4) is 0 Å². The van der Waals surface area contributed by atoms with Crippen LogP contribution in [-0.2, 0) is 11.2 Å². The Morgan fingerprint density at radius 1 is 1.46 bits per heavy atom. The molecule has 0 fully saturated rings. The average molecular weight is 181 g/mol. The van der Waals surface area contributed by atoms with Crippen LogP contribution in [0.5, 0.6) is 0 Å². The van der Waals surface area contributed by atoms with Crippen molar-refractivity contribution in [2.45, 2.75) is 18.9 Å². The van der Waals surface area contributed by atoms with Crippen LogP contribution >= 0.6 is 0 Å².